The van der Waals surface area contributed by atoms with Gasteiger partial charge in [0.15, 0.2) is 0 Å². The first-order valence-electron chi connectivity index (χ1n) is 4.83. The van der Waals surface area contributed by atoms with Crippen LogP contribution < -0.4 is 5.32 Å². The van der Waals surface area contributed by atoms with Gasteiger partial charge in [0.25, 0.3) is 5.91 Å². The van der Waals surface area contributed by atoms with Crippen LogP contribution in [0.25, 0.3) is 0 Å². The first kappa shape index (κ1) is 12.0. The molecule has 0 spiro atoms. The number of nitrogens with zero attached hydrogens (tertiary/aromatic N) is 1. The van der Waals surface area contributed by atoms with Gasteiger partial charge in [0.1, 0.15) is 11.5 Å². The molecule has 1 amide bonds. The average Bonchev–Trinajstić information content (AvgIpc) is 2.29. The van der Waals surface area contributed by atoms with E-state index >= 15 is 0 Å². The van der Waals surface area contributed by atoms with Crippen molar-refractivity contribution in [3.8, 4) is 0 Å². The van der Waals surface area contributed by atoms with Gasteiger partial charge >= 0.3 is 0 Å². The van der Waals surface area contributed by atoms with E-state index in [1.807, 2.05) is 18.2 Å². The summed E-state index contributed by atoms with van der Waals surface area (Å²) >= 11 is 2.15. The van der Waals surface area contributed by atoms with E-state index in [4.69, 9.17) is 0 Å². The van der Waals surface area contributed by atoms with Crippen LogP contribution in [0.4, 0.5) is 10.1 Å². The predicted octanol–water partition coefficient (Wildman–Crippen LogP) is 3.08. The molecule has 5 heteroatoms. The molecule has 1 heterocycles. The van der Waals surface area contributed by atoms with E-state index in [-0.39, 0.29) is 11.6 Å². The highest BCUT2D eigenvalue weighted by atomic mass is 127. The molecule has 0 saturated carbocycles. The van der Waals surface area contributed by atoms with Crippen molar-refractivity contribution in [1.29, 1.82) is 0 Å². The van der Waals surface area contributed by atoms with E-state index in [0.717, 1.165) is 9.77 Å². The Balaban J connectivity index is 2.14. The number of anilines is 1. The molecule has 0 atom stereocenters. The first-order valence-corrected chi connectivity index (χ1v) is 5.91. The van der Waals surface area contributed by atoms with Crippen LogP contribution in [0.3, 0.4) is 0 Å². The van der Waals surface area contributed by atoms with Gasteiger partial charge < -0.3 is 5.32 Å². The zero-order chi connectivity index (χ0) is 12.3. The third-order valence-corrected chi connectivity index (χ3v) is 2.71. The summed E-state index contributed by atoms with van der Waals surface area (Å²) in [4.78, 5) is 15.4. The highest BCUT2D eigenvalue weighted by Gasteiger charge is 2.07. The lowest BCUT2D eigenvalue weighted by atomic mass is 10.3. The third kappa shape index (κ3) is 3.23. The second kappa shape index (κ2) is 5.22. The van der Waals surface area contributed by atoms with E-state index in [9.17, 15) is 9.18 Å². The number of benzene rings is 1. The first-order chi connectivity index (χ1) is 8.15. The van der Waals surface area contributed by atoms with Crippen molar-refractivity contribution in [1.82, 2.24) is 4.98 Å². The lowest BCUT2D eigenvalue weighted by Crippen LogP contribution is -2.13. The minimum absolute atomic E-state index is 0.185. The minimum Gasteiger partial charge on any atom is -0.321 e. The molecule has 0 aliphatic carbocycles. The Morgan fingerprint density at radius 1 is 1.29 bits per heavy atom. The van der Waals surface area contributed by atoms with Crippen LogP contribution in [0, 0.1) is 9.39 Å². The molecule has 0 aliphatic rings. The molecule has 17 heavy (non-hydrogen) atoms. The standard InChI is InChI=1S/C12H8FIN2O/c13-8-4-5-11(15-7-8)12(17)16-10-3-1-2-9(14)6-10/h1-7H,(H,16,17). The number of aromatic nitrogens is 1. The maximum atomic E-state index is 12.6. The average molecular weight is 342 g/mol. The van der Waals surface area contributed by atoms with Crippen molar-refractivity contribution in [2.45, 2.75) is 0 Å². The normalized spacial score (nSPS) is 10.0. The number of carbonyl (C=O) groups is 1. The molecule has 86 valence electrons. The molecule has 0 radical (unpaired) electrons. The number of halogens is 2. The molecule has 2 rings (SSSR count). The van der Waals surface area contributed by atoms with Crippen LogP contribution >= 0.6 is 22.6 Å². The van der Waals surface area contributed by atoms with Gasteiger partial charge in [0.05, 0.1) is 6.20 Å². The summed E-state index contributed by atoms with van der Waals surface area (Å²) in [6.07, 6.45) is 1.02. The summed E-state index contributed by atoms with van der Waals surface area (Å²) in [5.74, 6) is -0.817. The van der Waals surface area contributed by atoms with Gasteiger partial charge in [-0.05, 0) is 52.9 Å². The smallest absolute Gasteiger partial charge is 0.274 e. The molecule has 0 aliphatic heterocycles. The molecule has 2 aromatic rings. The molecule has 1 aromatic heterocycles. The minimum atomic E-state index is -0.462. The van der Waals surface area contributed by atoms with Crippen LogP contribution in [0.5, 0.6) is 0 Å². The number of amides is 1. The lowest BCUT2D eigenvalue weighted by Gasteiger charge is -2.04. The van der Waals surface area contributed by atoms with Crippen molar-refractivity contribution in [3.63, 3.8) is 0 Å². The molecule has 0 bridgehead atoms. The summed E-state index contributed by atoms with van der Waals surface area (Å²) in [6.45, 7) is 0. The number of hydrogen-bond donors (Lipinski definition) is 1. The summed E-state index contributed by atoms with van der Waals surface area (Å²) in [5.41, 5.74) is 0.873. The van der Waals surface area contributed by atoms with Gasteiger partial charge in [-0.25, -0.2) is 9.37 Å². The third-order valence-electron chi connectivity index (χ3n) is 2.04. The highest BCUT2D eigenvalue weighted by molar-refractivity contribution is 14.1. The number of nitrogens with one attached hydrogen (secondary N) is 1. The Morgan fingerprint density at radius 2 is 2.12 bits per heavy atom. The molecular formula is C12H8FIN2O. The maximum absolute atomic E-state index is 12.6. The Labute approximate surface area is 111 Å². The van der Waals surface area contributed by atoms with Gasteiger partial charge in [-0.3, -0.25) is 4.79 Å². The van der Waals surface area contributed by atoms with E-state index in [1.165, 1.54) is 12.1 Å². The summed E-state index contributed by atoms with van der Waals surface area (Å²) in [7, 11) is 0. The fourth-order valence-electron chi connectivity index (χ4n) is 1.27. The van der Waals surface area contributed by atoms with Gasteiger partial charge in [0.2, 0.25) is 0 Å². The van der Waals surface area contributed by atoms with Crippen molar-refractivity contribution < 1.29 is 9.18 Å². The van der Waals surface area contributed by atoms with Crippen LogP contribution in [-0.2, 0) is 0 Å². The summed E-state index contributed by atoms with van der Waals surface area (Å²) in [5, 5.41) is 2.69. The Bertz CT molecular complexity index is 542. The summed E-state index contributed by atoms with van der Waals surface area (Å²) < 4.78 is 13.7. The van der Waals surface area contributed by atoms with E-state index in [0.29, 0.717) is 5.69 Å². The van der Waals surface area contributed by atoms with Gasteiger partial charge in [-0.15, -0.1) is 0 Å². The van der Waals surface area contributed by atoms with E-state index < -0.39 is 5.82 Å². The van der Waals surface area contributed by atoms with Crippen LogP contribution in [0.15, 0.2) is 42.6 Å². The SMILES string of the molecule is O=C(Nc1cccc(I)c1)c1ccc(F)cn1. The van der Waals surface area contributed by atoms with Crippen LogP contribution in [0.1, 0.15) is 10.5 Å². The largest absolute Gasteiger partial charge is 0.321 e. The van der Waals surface area contributed by atoms with Crippen molar-refractivity contribution in [3.05, 3.63) is 57.7 Å². The van der Waals surface area contributed by atoms with Crippen molar-refractivity contribution in [2.24, 2.45) is 0 Å². The molecular weight excluding hydrogens is 334 g/mol. The monoisotopic (exact) mass is 342 g/mol. The topological polar surface area (TPSA) is 42.0 Å². The number of rotatable bonds is 2. The highest BCUT2D eigenvalue weighted by Crippen LogP contribution is 2.13. The fraction of sp³-hybridized carbons (Fsp3) is 0. The predicted molar refractivity (Wildman–Crippen MR) is 71.3 cm³/mol. The number of hydrogen-bond acceptors (Lipinski definition) is 2. The second-order valence-corrected chi connectivity index (χ2v) is 4.57. The van der Waals surface area contributed by atoms with Gasteiger partial charge in [-0.1, -0.05) is 6.07 Å². The van der Waals surface area contributed by atoms with Crippen LogP contribution in [0.2, 0.25) is 0 Å². The lowest BCUT2D eigenvalue weighted by molar-refractivity contribution is 0.102. The molecule has 3 nitrogen and oxygen atoms in total. The van der Waals surface area contributed by atoms with Gasteiger partial charge in [0, 0.05) is 9.26 Å². The van der Waals surface area contributed by atoms with Crippen molar-refractivity contribution in [2.75, 3.05) is 5.32 Å². The Hall–Kier alpha value is -1.50. The van der Waals surface area contributed by atoms with E-state index in [1.54, 1.807) is 6.07 Å². The quantitative estimate of drug-likeness (QED) is 0.853. The van der Waals surface area contributed by atoms with Gasteiger partial charge in [-0.2, -0.15) is 0 Å². The van der Waals surface area contributed by atoms with Crippen LogP contribution in [-0.4, -0.2) is 10.9 Å². The molecule has 1 N–H and O–H groups in total. The van der Waals surface area contributed by atoms with E-state index in [2.05, 4.69) is 32.9 Å². The maximum Gasteiger partial charge on any atom is 0.274 e. The van der Waals surface area contributed by atoms with Crippen molar-refractivity contribution >= 4 is 34.2 Å². The molecule has 0 unspecified atom stereocenters. The Kier molecular flexibility index (Phi) is 3.68. The zero-order valence-corrected chi connectivity index (χ0v) is 10.8. The molecule has 0 saturated heterocycles. The second-order valence-electron chi connectivity index (χ2n) is 3.33. The number of carbonyl (C=O) groups excluding carboxylic acids is 1. The molecule has 0 fully saturated rings. The summed E-state index contributed by atoms with van der Waals surface area (Å²) in [6, 6.07) is 9.93. The zero-order valence-electron chi connectivity index (χ0n) is 8.65. The fourth-order valence-corrected chi connectivity index (χ4v) is 1.81. The Morgan fingerprint density at radius 3 is 2.76 bits per heavy atom. The molecule has 1 aromatic carbocycles. The number of pyridine rings is 1.